The number of ether oxygens (including phenoxy) is 1. The third-order valence-corrected chi connectivity index (χ3v) is 6.50. The van der Waals surface area contributed by atoms with E-state index >= 15 is 0 Å². The van der Waals surface area contributed by atoms with Gasteiger partial charge in [-0.2, -0.15) is 0 Å². The fraction of sp³-hybridized carbons (Fsp3) is 0.611. The van der Waals surface area contributed by atoms with Gasteiger partial charge in [-0.25, -0.2) is 0 Å². The smallest absolute Gasteiger partial charge is 0.145 e. The number of carbonyl (C=O) groups excluding carboxylic acids is 1. The van der Waals surface area contributed by atoms with Crippen LogP contribution in [0.4, 0.5) is 0 Å². The van der Waals surface area contributed by atoms with Gasteiger partial charge in [-0.1, -0.05) is 51.1 Å². The van der Waals surface area contributed by atoms with E-state index in [1.165, 1.54) is 5.56 Å². The molecule has 0 radical (unpaired) electrons. The maximum Gasteiger partial charge on any atom is 0.145 e. The third kappa shape index (κ3) is 1.41. The van der Waals surface area contributed by atoms with Crippen LogP contribution in [0, 0.1) is 16.7 Å². The highest BCUT2D eigenvalue weighted by atomic mass is 16.5. The van der Waals surface area contributed by atoms with E-state index in [-0.39, 0.29) is 22.3 Å². The molecule has 0 spiro atoms. The van der Waals surface area contributed by atoms with E-state index < -0.39 is 0 Å². The molecule has 0 aliphatic heterocycles. The molecule has 2 nitrogen and oxygen atoms in total. The van der Waals surface area contributed by atoms with Crippen LogP contribution >= 0.6 is 0 Å². The Bertz CT molecular complexity index is 534. The summed E-state index contributed by atoms with van der Waals surface area (Å²) in [6, 6.07) is 10.3. The number of ketones is 1. The van der Waals surface area contributed by atoms with Gasteiger partial charge < -0.3 is 4.74 Å². The first-order valence-electron chi connectivity index (χ1n) is 7.52. The van der Waals surface area contributed by atoms with Gasteiger partial charge in [-0.15, -0.1) is 0 Å². The second kappa shape index (κ2) is 4.17. The van der Waals surface area contributed by atoms with Crippen molar-refractivity contribution < 1.29 is 9.53 Å². The molecule has 2 heteroatoms. The van der Waals surface area contributed by atoms with E-state index in [9.17, 15) is 4.79 Å². The van der Waals surface area contributed by atoms with E-state index in [1.807, 2.05) is 18.2 Å². The lowest BCUT2D eigenvalue weighted by atomic mass is 9.69. The molecular weight excluding hydrogens is 248 g/mol. The summed E-state index contributed by atoms with van der Waals surface area (Å²) in [5.41, 5.74) is 0.608. The molecule has 2 aliphatic carbocycles. The van der Waals surface area contributed by atoms with E-state index in [0.29, 0.717) is 5.78 Å². The first-order chi connectivity index (χ1) is 9.39. The Kier molecular flexibility index (Phi) is 2.88. The van der Waals surface area contributed by atoms with Gasteiger partial charge in [0.25, 0.3) is 0 Å². The highest BCUT2D eigenvalue weighted by molar-refractivity contribution is 5.93. The third-order valence-electron chi connectivity index (χ3n) is 6.50. The van der Waals surface area contributed by atoms with E-state index in [4.69, 9.17) is 4.74 Å². The minimum Gasteiger partial charge on any atom is -0.377 e. The van der Waals surface area contributed by atoms with E-state index in [1.54, 1.807) is 7.11 Å². The lowest BCUT2D eigenvalue weighted by Crippen LogP contribution is -2.46. The summed E-state index contributed by atoms with van der Waals surface area (Å²) in [7, 11) is 1.78. The molecule has 2 saturated carbocycles. The number of fused-ring (bicyclic) bond motifs is 2. The quantitative estimate of drug-likeness (QED) is 0.839. The average Bonchev–Trinajstić information content (AvgIpc) is 2.71. The van der Waals surface area contributed by atoms with Crippen LogP contribution in [0.1, 0.15) is 39.2 Å². The Labute approximate surface area is 121 Å². The number of hydrogen-bond donors (Lipinski definition) is 0. The molecular formula is C18H24O2. The van der Waals surface area contributed by atoms with Crippen molar-refractivity contribution in [2.45, 2.75) is 45.6 Å². The summed E-state index contributed by atoms with van der Waals surface area (Å²) in [6.07, 6.45) is 2.75. The van der Waals surface area contributed by atoms with E-state index in [2.05, 4.69) is 32.9 Å². The van der Waals surface area contributed by atoms with Gasteiger partial charge >= 0.3 is 0 Å². The van der Waals surface area contributed by atoms with Crippen molar-refractivity contribution in [3.63, 3.8) is 0 Å². The lowest BCUT2D eigenvalue weighted by Gasteiger charge is -2.41. The highest BCUT2D eigenvalue weighted by Gasteiger charge is 2.74. The van der Waals surface area contributed by atoms with Crippen molar-refractivity contribution in [1.82, 2.24) is 0 Å². The van der Waals surface area contributed by atoms with Gasteiger partial charge in [0.2, 0.25) is 0 Å². The summed E-state index contributed by atoms with van der Waals surface area (Å²) < 4.78 is 6.00. The maximum atomic E-state index is 13.0. The lowest BCUT2D eigenvalue weighted by molar-refractivity contribution is -0.135. The molecule has 0 aromatic heterocycles. The van der Waals surface area contributed by atoms with Gasteiger partial charge in [0.05, 0.1) is 11.5 Å². The zero-order valence-electron chi connectivity index (χ0n) is 12.9. The first-order valence-corrected chi connectivity index (χ1v) is 7.52. The molecule has 3 atom stereocenters. The molecule has 1 aromatic carbocycles. The number of Topliss-reactive ketones (excluding diaryl/α,β-unsaturated/α-hetero) is 1. The number of carbonyl (C=O) groups is 1. The van der Waals surface area contributed by atoms with Gasteiger partial charge in [0, 0.05) is 17.9 Å². The molecule has 0 saturated heterocycles. The van der Waals surface area contributed by atoms with Crippen molar-refractivity contribution in [2.24, 2.45) is 16.7 Å². The summed E-state index contributed by atoms with van der Waals surface area (Å²) in [5, 5.41) is 0. The standard InChI is InChI=1S/C18H24O2/c1-16(2)17(3)10-11-18(16,20-4)14(15(17)19)12-13-8-6-5-7-9-13/h5-9,14H,10-12H2,1-4H3. The van der Waals surface area contributed by atoms with Crippen LogP contribution < -0.4 is 0 Å². The SMILES string of the molecule is COC12CCC(C)(C(=O)C1Cc1ccccc1)C2(C)C. The summed E-state index contributed by atoms with van der Waals surface area (Å²) in [6.45, 7) is 6.57. The minimum atomic E-state index is -0.297. The highest BCUT2D eigenvalue weighted by Crippen LogP contribution is 2.69. The predicted octanol–water partition coefficient (Wildman–Crippen LogP) is 3.64. The molecule has 2 bridgehead atoms. The Balaban J connectivity index is 2.02. The number of methoxy groups -OCH3 is 1. The predicted molar refractivity (Wildman–Crippen MR) is 79.5 cm³/mol. The summed E-state index contributed by atoms with van der Waals surface area (Å²) in [5.74, 6) is 0.392. The Morgan fingerprint density at radius 1 is 1.15 bits per heavy atom. The van der Waals surface area contributed by atoms with Crippen LogP contribution in [0.2, 0.25) is 0 Å². The van der Waals surface area contributed by atoms with E-state index in [0.717, 1.165) is 19.3 Å². The molecule has 3 unspecified atom stereocenters. The molecule has 1 aromatic rings. The molecule has 2 aliphatic rings. The van der Waals surface area contributed by atoms with Crippen LogP contribution in [-0.4, -0.2) is 18.5 Å². The van der Waals surface area contributed by atoms with Gasteiger partial charge in [-0.05, 0) is 24.8 Å². The number of rotatable bonds is 3. The normalized spacial score (nSPS) is 38.4. The van der Waals surface area contributed by atoms with Crippen LogP contribution in [0.15, 0.2) is 30.3 Å². The first kappa shape index (κ1) is 13.8. The molecule has 108 valence electrons. The topological polar surface area (TPSA) is 26.3 Å². The fourth-order valence-electron chi connectivity index (χ4n) is 4.77. The molecule has 0 amide bonds. The Hall–Kier alpha value is -1.15. The van der Waals surface area contributed by atoms with Crippen molar-refractivity contribution in [3.8, 4) is 0 Å². The zero-order chi connectivity index (χ0) is 14.6. The maximum absolute atomic E-state index is 13.0. The van der Waals surface area contributed by atoms with Crippen molar-refractivity contribution in [1.29, 1.82) is 0 Å². The monoisotopic (exact) mass is 272 g/mol. The van der Waals surface area contributed by atoms with Crippen LogP contribution in [0.25, 0.3) is 0 Å². The Morgan fingerprint density at radius 2 is 1.80 bits per heavy atom. The average molecular weight is 272 g/mol. The fourth-order valence-corrected chi connectivity index (χ4v) is 4.77. The number of benzene rings is 1. The van der Waals surface area contributed by atoms with Gasteiger partial charge in [-0.3, -0.25) is 4.79 Å². The summed E-state index contributed by atoms with van der Waals surface area (Å²) in [4.78, 5) is 13.0. The van der Waals surface area contributed by atoms with Crippen molar-refractivity contribution in [3.05, 3.63) is 35.9 Å². The van der Waals surface area contributed by atoms with Crippen LogP contribution in [0.5, 0.6) is 0 Å². The van der Waals surface area contributed by atoms with Crippen molar-refractivity contribution in [2.75, 3.05) is 7.11 Å². The van der Waals surface area contributed by atoms with Gasteiger partial charge in [0.1, 0.15) is 5.78 Å². The molecule has 3 rings (SSSR count). The summed E-state index contributed by atoms with van der Waals surface area (Å²) >= 11 is 0. The van der Waals surface area contributed by atoms with Crippen LogP contribution in [-0.2, 0) is 16.0 Å². The second-order valence-corrected chi connectivity index (χ2v) is 7.16. The zero-order valence-corrected chi connectivity index (χ0v) is 12.9. The molecule has 2 fully saturated rings. The number of hydrogen-bond acceptors (Lipinski definition) is 2. The Morgan fingerprint density at radius 3 is 2.40 bits per heavy atom. The molecule has 0 heterocycles. The van der Waals surface area contributed by atoms with Crippen molar-refractivity contribution >= 4 is 5.78 Å². The van der Waals surface area contributed by atoms with Gasteiger partial charge in [0.15, 0.2) is 0 Å². The minimum absolute atomic E-state index is 0.0105. The second-order valence-electron chi connectivity index (χ2n) is 7.16. The molecule has 0 N–H and O–H groups in total. The van der Waals surface area contributed by atoms with Crippen LogP contribution in [0.3, 0.4) is 0 Å². The largest absolute Gasteiger partial charge is 0.377 e. The molecule has 20 heavy (non-hydrogen) atoms.